The van der Waals surface area contributed by atoms with Crippen molar-refractivity contribution < 1.29 is 24.2 Å². The molecule has 0 fully saturated rings. The van der Waals surface area contributed by atoms with Crippen molar-refractivity contribution in [3.63, 3.8) is 0 Å². The van der Waals surface area contributed by atoms with Crippen molar-refractivity contribution in [1.29, 1.82) is 0 Å². The molecule has 0 aliphatic heterocycles. The maximum absolute atomic E-state index is 12.3. The number of allylic oxidation sites excluding steroid dienone is 4. The van der Waals surface area contributed by atoms with Crippen molar-refractivity contribution in [3.8, 4) is 0 Å². The lowest BCUT2D eigenvalue weighted by Gasteiger charge is -2.31. The first-order valence-electron chi connectivity index (χ1n) is 8.14. The average molecular weight is 332 g/mol. The zero-order valence-electron chi connectivity index (χ0n) is 14.5. The van der Waals surface area contributed by atoms with Crippen molar-refractivity contribution >= 4 is 11.6 Å². The van der Waals surface area contributed by atoms with Crippen molar-refractivity contribution in [1.82, 2.24) is 0 Å². The Morgan fingerprint density at radius 3 is 2.79 bits per heavy atom. The summed E-state index contributed by atoms with van der Waals surface area (Å²) < 4.78 is 5.26. The Kier molecular flexibility index (Phi) is 5.26. The lowest BCUT2D eigenvalue weighted by molar-refractivity contribution is -0.0426. The molecular formula is C19H24O5. The fraction of sp³-hybridized carbons (Fsp3) is 0.474. The molecule has 0 saturated carbocycles. The minimum atomic E-state index is -1.86. The predicted molar refractivity (Wildman–Crippen MR) is 90.1 cm³/mol. The molecule has 1 aliphatic rings. The molecule has 5 heteroatoms. The van der Waals surface area contributed by atoms with Gasteiger partial charge in [-0.25, -0.2) is 0 Å². The molecular weight excluding hydrogens is 308 g/mol. The van der Waals surface area contributed by atoms with E-state index in [2.05, 4.69) is 19.9 Å². The third-order valence-corrected chi connectivity index (χ3v) is 4.56. The molecule has 5 nitrogen and oxygen atoms in total. The molecule has 1 aromatic rings. The number of hydrogen-bond acceptors (Lipinski definition) is 5. The van der Waals surface area contributed by atoms with Gasteiger partial charge in [-0.1, -0.05) is 38.0 Å². The number of carbonyl (C=O) groups excluding carboxylic acids is 2. The van der Waals surface area contributed by atoms with Crippen LogP contribution in [-0.4, -0.2) is 33.5 Å². The Morgan fingerprint density at radius 1 is 1.50 bits per heavy atom. The number of Topliss-reactive ketones (excluding diaryl/α,β-unsaturated/α-hetero) is 1. The second-order valence-electron chi connectivity index (χ2n) is 6.65. The fourth-order valence-electron chi connectivity index (χ4n) is 2.70. The Balaban J connectivity index is 2.25. The molecule has 0 radical (unpaired) electrons. The maximum atomic E-state index is 12.3. The summed E-state index contributed by atoms with van der Waals surface area (Å²) in [7, 11) is 0. The number of aliphatic hydroxyl groups is 2. The predicted octanol–water partition coefficient (Wildman–Crippen LogP) is 2.86. The normalized spacial score (nSPS) is 25.8. The molecule has 0 amide bonds. The van der Waals surface area contributed by atoms with Gasteiger partial charge in [0.1, 0.15) is 6.26 Å². The van der Waals surface area contributed by atoms with Gasteiger partial charge in [-0.3, -0.25) is 9.59 Å². The van der Waals surface area contributed by atoms with E-state index in [0.29, 0.717) is 11.5 Å². The average Bonchev–Trinajstić information content (AvgIpc) is 2.94. The van der Waals surface area contributed by atoms with E-state index in [1.54, 1.807) is 6.08 Å². The molecule has 0 saturated heterocycles. The molecule has 0 spiro atoms. The number of aliphatic hydroxyl groups excluding tert-OH is 1. The highest BCUT2D eigenvalue weighted by molar-refractivity contribution is 6.10. The van der Waals surface area contributed by atoms with E-state index in [4.69, 9.17) is 4.42 Å². The Labute approximate surface area is 141 Å². The summed E-state index contributed by atoms with van der Waals surface area (Å²) in [6.07, 6.45) is 6.12. The van der Waals surface area contributed by atoms with E-state index in [-0.39, 0.29) is 23.5 Å². The quantitative estimate of drug-likeness (QED) is 0.492. The highest BCUT2D eigenvalue weighted by Gasteiger charge is 2.46. The first kappa shape index (κ1) is 18.4. The van der Waals surface area contributed by atoms with E-state index in [0.717, 1.165) is 12.0 Å². The van der Waals surface area contributed by atoms with E-state index in [9.17, 15) is 19.8 Å². The Bertz CT molecular complexity index is 705. The van der Waals surface area contributed by atoms with Crippen molar-refractivity contribution in [2.75, 3.05) is 0 Å². The van der Waals surface area contributed by atoms with Crippen LogP contribution in [0.4, 0.5) is 0 Å². The van der Waals surface area contributed by atoms with Crippen LogP contribution in [0.15, 0.2) is 34.5 Å². The second-order valence-corrected chi connectivity index (χ2v) is 6.65. The maximum Gasteiger partial charge on any atom is 0.221 e. The second kappa shape index (κ2) is 6.87. The molecule has 2 N–H and O–H groups in total. The topological polar surface area (TPSA) is 87.7 Å². The molecule has 130 valence electrons. The number of carbonyl (C=O) groups is 2. The Hall–Kier alpha value is -1.98. The van der Waals surface area contributed by atoms with Crippen LogP contribution in [0.25, 0.3) is 0 Å². The van der Waals surface area contributed by atoms with Gasteiger partial charge in [0, 0.05) is 12.0 Å². The van der Waals surface area contributed by atoms with Crippen molar-refractivity contribution in [2.24, 2.45) is 5.92 Å². The van der Waals surface area contributed by atoms with Gasteiger partial charge >= 0.3 is 0 Å². The molecule has 0 unspecified atom stereocenters. The Morgan fingerprint density at radius 2 is 2.17 bits per heavy atom. The summed E-state index contributed by atoms with van der Waals surface area (Å²) >= 11 is 0. The van der Waals surface area contributed by atoms with E-state index >= 15 is 0 Å². The summed E-state index contributed by atoms with van der Waals surface area (Å²) in [6.45, 7) is 7.37. The summed E-state index contributed by atoms with van der Waals surface area (Å²) in [5.74, 6) is -0.526. The van der Waals surface area contributed by atoms with Gasteiger partial charge in [-0.05, 0) is 25.8 Å². The number of rotatable bonds is 5. The summed E-state index contributed by atoms with van der Waals surface area (Å²) in [5.41, 5.74) is -0.369. The van der Waals surface area contributed by atoms with Crippen molar-refractivity contribution in [2.45, 2.75) is 52.2 Å². The molecule has 1 heterocycles. The van der Waals surface area contributed by atoms with Crippen LogP contribution in [-0.2, 0) is 6.42 Å². The number of furan rings is 1. The highest BCUT2D eigenvalue weighted by Crippen LogP contribution is 2.32. The molecule has 2 rings (SSSR count). The van der Waals surface area contributed by atoms with E-state index in [1.807, 2.05) is 6.92 Å². The molecule has 0 aromatic carbocycles. The van der Waals surface area contributed by atoms with E-state index in [1.165, 1.54) is 19.3 Å². The van der Waals surface area contributed by atoms with Gasteiger partial charge in [0.2, 0.25) is 5.78 Å². The van der Waals surface area contributed by atoms with Gasteiger partial charge in [-0.2, -0.15) is 0 Å². The standard InChI is InChI=1S/C19H24O5/c1-5-11(2)8-12(3)6-7-15(20)17-13-9-16(21)19(4,23)18(22)14(13)10-24-17/h6-8,10-11,16,21,23H,5,9H2,1-4H3/b7-6+,12-8+/t11-,16+,19-/m0/s1. The van der Waals surface area contributed by atoms with Gasteiger partial charge in [0.15, 0.2) is 17.1 Å². The van der Waals surface area contributed by atoms with Crippen LogP contribution in [0, 0.1) is 5.92 Å². The van der Waals surface area contributed by atoms with Crippen LogP contribution in [0.2, 0.25) is 0 Å². The van der Waals surface area contributed by atoms with Gasteiger partial charge in [0.05, 0.1) is 11.7 Å². The highest BCUT2D eigenvalue weighted by atomic mass is 16.4. The lowest BCUT2D eigenvalue weighted by Crippen LogP contribution is -2.51. The van der Waals surface area contributed by atoms with Crippen LogP contribution in [0.3, 0.4) is 0 Å². The first-order valence-corrected chi connectivity index (χ1v) is 8.14. The number of fused-ring (bicyclic) bond motifs is 1. The zero-order valence-corrected chi connectivity index (χ0v) is 14.5. The molecule has 1 aliphatic carbocycles. The van der Waals surface area contributed by atoms with E-state index < -0.39 is 17.5 Å². The molecule has 0 bridgehead atoms. The van der Waals surface area contributed by atoms with Crippen LogP contribution in [0.5, 0.6) is 0 Å². The monoisotopic (exact) mass is 332 g/mol. The van der Waals surface area contributed by atoms with Gasteiger partial charge < -0.3 is 14.6 Å². The van der Waals surface area contributed by atoms with Crippen LogP contribution >= 0.6 is 0 Å². The van der Waals surface area contributed by atoms with Crippen molar-refractivity contribution in [3.05, 3.63) is 47.0 Å². The SMILES string of the molecule is CC[C@H](C)/C=C(C)/C=C/C(=O)c1occ2c1C[C@@H](O)[C@](C)(O)C2=O. The van der Waals surface area contributed by atoms with Gasteiger partial charge in [0.25, 0.3) is 0 Å². The van der Waals surface area contributed by atoms with Crippen LogP contribution < -0.4 is 0 Å². The van der Waals surface area contributed by atoms with Crippen LogP contribution in [0.1, 0.15) is 60.6 Å². The number of ketones is 2. The van der Waals surface area contributed by atoms with Gasteiger partial charge in [-0.15, -0.1) is 0 Å². The first-order chi connectivity index (χ1) is 11.2. The third-order valence-electron chi connectivity index (χ3n) is 4.56. The molecule has 1 aromatic heterocycles. The third kappa shape index (κ3) is 3.42. The minimum Gasteiger partial charge on any atom is -0.460 e. The minimum absolute atomic E-state index is 0.00117. The molecule has 24 heavy (non-hydrogen) atoms. The fourth-order valence-corrected chi connectivity index (χ4v) is 2.70. The zero-order chi connectivity index (χ0) is 18.1. The summed E-state index contributed by atoms with van der Waals surface area (Å²) in [4.78, 5) is 24.5. The molecule has 3 atom stereocenters. The smallest absolute Gasteiger partial charge is 0.221 e. The lowest BCUT2D eigenvalue weighted by atomic mass is 9.79. The summed E-state index contributed by atoms with van der Waals surface area (Å²) in [5, 5.41) is 20.0. The largest absolute Gasteiger partial charge is 0.460 e. The number of hydrogen-bond donors (Lipinski definition) is 2. The summed E-state index contributed by atoms with van der Waals surface area (Å²) in [6, 6.07) is 0.